The van der Waals surface area contributed by atoms with Crippen LogP contribution in [0.4, 0.5) is 0 Å². The molecule has 5 heterocycles. The second kappa shape index (κ2) is 7.69. The monoisotopic (exact) mass is 513 g/mol. The first-order valence-electron chi connectivity index (χ1n) is 13.6. The predicted octanol–water partition coefficient (Wildman–Crippen LogP) is 6.96. The molecule has 6 heteroatoms. The number of fused-ring (bicyclic) bond motifs is 5. The molecule has 0 unspecified atom stereocenters. The minimum absolute atomic E-state index is 0.200. The standard InChI is InChI=1S/C33H33N6/c1-18-9-10-22-21-11-13-34-17-24(21)39-23-16-20(15-19-12-14-38(8)28(26(19)23)25(18)27(22)39)29-35-30(32(2,3)4)37-31(36-29)33(5,6)7/h9-17H,1-8H3/q+1. The summed E-state index contributed by atoms with van der Waals surface area (Å²) in [7, 11) is 2.14. The summed E-state index contributed by atoms with van der Waals surface area (Å²) in [6, 6.07) is 13.3. The molecule has 0 saturated carbocycles. The SMILES string of the molecule is Cc1ccc2c3ccncc3n3c4cc(-c5nc(C(C)(C)C)nc(C(C)(C)C)n5)cc5cc[n+](C)c(c1c23)c54. The fourth-order valence-electron chi connectivity index (χ4n) is 5.87. The fourth-order valence-corrected chi connectivity index (χ4v) is 5.87. The molecule has 6 nitrogen and oxygen atoms in total. The van der Waals surface area contributed by atoms with Crippen molar-refractivity contribution >= 4 is 49.0 Å². The molecule has 0 atom stereocenters. The number of hydrogen-bond acceptors (Lipinski definition) is 4. The van der Waals surface area contributed by atoms with Gasteiger partial charge in [-0.15, -0.1) is 0 Å². The molecule has 0 aliphatic rings. The van der Waals surface area contributed by atoms with Gasteiger partial charge in [0.05, 0.1) is 33.5 Å². The van der Waals surface area contributed by atoms with Crippen LogP contribution in [0.25, 0.3) is 60.4 Å². The molecule has 0 amide bonds. The first-order chi connectivity index (χ1) is 18.4. The van der Waals surface area contributed by atoms with E-state index in [4.69, 9.17) is 15.0 Å². The molecule has 5 aromatic heterocycles. The van der Waals surface area contributed by atoms with E-state index < -0.39 is 0 Å². The Morgan fingerprint density at radius 2 is 1.49 bits per heavy atom. The smallest absolute Gasteiger partial charge is 0.224 e. The summed E-state index contributed by atoms with van der Waals surface area (Å²) in [5.41, 5.74) is 6.56. The molecule has 0 radical (unpaired) electrons. The van der Waals surface area contributed by atoms with Gasteiger partial charge in [-0.05, 0) is 36.1 Å². The van der Waals surface area contributed by atoms with Crippen molar-refractivity contribution in [2.45, 2.75) is 59.3 Å². The molecule has 0 spiro atoms. The van der Waals surface area contributed by atoms with Crippen molar-refractivity contribution < 1.29 is 4.57 Å². The van der Waals surface area contributed by atoms with E-state index in [-0.39, 0.29) is 10.8 Å². The van der Waals surface area contributed by atoms with Crippen LogP contribution in [-0.4, -0.2) is 24.3 Å². The van der Waals surface area contributed by atoms with Crippen molar-refractivity contribution in [3.63, 3.8) is 0 Å². The lowest BCUT2D eigenvalue weighted by Crippen LogP contribution is -2.29. The van der Waals surface area contributed by atoms with E-state index in [1.54, 1.807) is 0 Å². The van der Waals surface area contributed by atoms with Crippen molar-refractivity contribution in [3.8, 4) is 11.4 Å². The predicted molar refractivity (Wildman–Crippen MR) is 159 cm³/mol. The zero-order valence-corrected chi connectivity index (χ0v) is 23.9. The minimum atomic E-state index is -0.200. The van der Waals surface area contributed by atoms with Crippen molar-refractivity contribution in [1.29, 1.82) is 0 Å². The zero-order chi connectivity index (χ0) is 27.4. The average molecular weight is 514 g/mol. The molecule has 194 valence electrons. The third kappa shape index (κ3) is 3.37. The first kappa shape index (κ1) is 23.9. The molecule has 39 heavy (non-hydrogen) atoms. The number of aryl methyl sites for hydroxylation is 2. The van der Waals surface area contributed by atoms with Gasteiger partial charge in [-0.1, -0.05) is 53.7 Å². The first-order valence-corrected chi connectivity index (χ1v) is 13.6. The summed E-state index contributed by atoms with van der Waals surface area (Å²) in [6.45, 7) is 15.1. The Balaban J connectivity index is 1.70. The number of hydrogen-bond donors (Lipinski definition) is 0. The molecule has 0 saturated heterocycles. The Kier molecular flexibility index (Phi) is 4.71. The lowest BCUT2D eigenvalue weighted by Gasteiger charge is -2.23. The van der Waals surface area contributed by atoms with Crippen LogP contribution >= 0.6 is 0 Å². The third-order valence-corrected chi connectivity index (χ3v) is 7.87. The van der Waals surface area contributed by atoms with E-state index in [9.17, 15) is 0 Å². The van der Waals surface area contributed by atoms with Crippen molar-refractivity contribution in [2.24, 2.45) is 7.05 Å². The van der Waals surface area contributed by atoms with Crippen LogP contribution in [0.2, 0.25) is 0 Å². The second-order valence-electron chi connectivity index (χ2n) is 12.9. The maximum atomic E-state index is 5.04. The van der Waals surface area contributed by atoms with E-state index in [0.29, 0.717) is 5.82 Å². The van der Waals surface area contributed by atoms with Crippen LogP contribution < -0.4 is 4.57 Å². The molecule has 7 aromatic rings. The molecule has 0 aliphatic carbocycles. The summed E-state index contributed by atoms with van der Waals surface area (Å²) in [4.78, 5) is 19.5. The molecular weight excluding hydrogens is 480 g/mol. The highest BCUT2D eigenvalue weighted by Crippen LogP contribution is 2.41. The van der Waals surface area contributed by atoms with E-state index in [0.717, 1.165) is 28.2 Å². The molecule has 0 aliphatic heterocycles. The van der Waals surface area contributed by atoms with Crippen molar-refractivity contribution in [1.82, 2.24) is 24.3 Å². The van der Waals surface area contributed by atoms with Crippen molar-refractivity contribution in [2.75, 3.05) is 0 Å². The van der Waals surface area contributed by atoms with Gasteiger partial charge < -0.3 is 4.40 Å². The molecular formula is C33H33N6+. The summed E-state index contributed by atoms with van der Waals surface area (Å²) in [5.74, 6) is 2.34. The summed E-state index contributed by atoms with van der Waals surface area (Å²) in [5, 5.41) is 6.13. The lowest BCUT2D eigenvalue weighted by molar-refractivity contribution is -0.643. The van der Waals surface area contributed by atoms with Crippen molar-refractivity contribution in [3.05, 3.63) is 72.2 Å². The van der Waals surface area contributed by atoms with Gasteiger partial charge in [-0.2, -0.15) is 0 Å². The van der Waals surface area contributed by atoms with Gasteiger partial charge >= 0.3 is 0 Å². The van der Waals surface area contributed by atoms with Crippen LogP contribution in [0.5, 0.6) is 0 Å². The molecule has 0 fully saturated rings. The van der Waals surface area contributed by atoms with E-state index in [1.807, 2.05) is 12.4 Å². The molecule has 7 rings (SSSR count). The van der Waals surface area contributed by atoms with E-state index in [1.165, 1.54) is 43.5 Å². The van der Waals surface area contributed by atoms with Gasteiger partial charge in [-0.3, -0.25) is 4.98 Å². The Bertz CT molecular complexity index is 2070. The Hall–Kier alpha value is -4.19. The van der Waals surface area contributed by atoms with Gasteiger partial charge in [-0.25, -0.2) is 19.5 Å². The van der Waals surface area contributed by atoms with Crippen LogP contribution in [0.15, 0.2) is 55.0 Å². The Morgan fingerprint density at radius 3 is 2.18 bits per heavy atom. The minimum Gasteiger partial charge on any atom is -0.306 e. The molecule has 0 bridgehead atoms. The highest BCUT2D eigenvalue weighted by Gasteiger charge is 2.28. The number of nitrogens with zero attached hydrogens (tertiary/aromatic N) is 6. The largest absolute Gasteiger partial charge is 0.306 e. The topological polar surface area (TPSA) is 59.9 Å². The number of aromatic nitrogens is 6. The van der Waals surface area contributed by atoms with Gasteiger partial charge in [0.2, 0.25) is 5.52 Å². The number of rotatable bonds is 1. The van der Waals surface area contributed by atoms with Gasteiger partial charge in [0.15, 0.2) is 12.0 Å². The molecule has 0 N–H and O–H groups in total. The summed E-state index contributed by atoms with van der Waals surface area (Å²) < 4.78 is 4.65. The second-order valence-corrected chi connectivity index (χ2v) is 12.9. The van der Waals surface area contributed by atoms with Gasteiger partial charge in [0, 0.05) is 39.4 Å². The highest BCUT2D eigenvalue weighted by molar-refractivity contribution is 6.26. The summed E-state index contributed by atoms with van der Waals surface area (Å²) in [6.07, 6.45) is 6.03. The number of benzene rings is 2. The normalized spacial score (nSPS) is 13.1. The van der Waals surface area contributed by atoms with E-state index in [2.05, 4.69) is 112 Å². The van der Waals surface area contributed by atoms with Crippen LogP contribution in [0, 0.1) is 6.92 Å². The Labute approximate surface area is 227 Å². The summed E-state index contributed by atoms with van der Waals surface area (Å²) >= 11 is 0. The van der Waals surface area contributed by atoms with Crippen LogP contribution in [0.3, 0.4) is 0 Å². The maximum Gasteiger partial charge on any atom is 0.224 e. The third-order valence-electron chi connectivity index (χ3n) is 7.87. The maximum absolute atomic E-state index is 5.04. The quantitative estimate of drug-likeness (QED) is 0.135. The highest BCUT2D eigenvalue weighted by atomic mass is 15.1. The van der Waals surface area contributed by atoms with Crippen LogP contribution in [-0.2, 0) is 17.9 Å². The van der Waals surface area contributed by atoms with E-state index >= 15 is 0 Å². The zero-order valence-electron chi connectivity index (χ0n) is 23.9. The Morgan fingerprint density at radius 1 is 0.769 bits per heavy atom. The fraction of sp³-hybridized carbons (Fsp3) is 0.303. The van der Waals surface area contributed by atoms with Gasteiger partial charge in [0.25, 0.3) is 0 Å². The lowest BCUT2D eigenvalue weighted by atomic mass is 9.92. The average Bonchev–Trinajstić information content (AvgIpc) is 3.22. The van der Waals surface area contributed by atoms with Gasteiger partial charge in [0.1, 0.15) is 18.7 Å². The molecule has 2 aromatic carbocycles. The number of pyridine rings is 3. The van der Waals surface area contributed by atoms with Crippen LogP contribution in [0.1, 0.15) is 58.8 Å².